The number of halogens is 1. The third kappa shape index (κ3) is 5.12. The molecule has 6 heteroatoms. The SMILES string of the molecule is CCCC(C)(C)NS(=O)(=O)c1ccc(F)cc1C#CCN. The van der Waals surface area contributed by atoms with Crippen LogP contribution in [0.25, 0.3) is 0 Å². The van der Waals surface area contributed by atoms with Gasteiger partial charge in [0.25, 0.3) is 0 Å². The van der Waals surface area contributed by atoms with Gasteiger partial charge < -0.3 is 5.73 Å². The molecule has 1 aromatic carbocycles. The van der Waals surface area contributed by atoms with Crippen LogP contribution >= 0.6 is 0 Å². The molecule has 0 heterocycles. The number of hydrogen-bond acceptors (Lipinski definition) is 3. The summed E-state index contributed by atoms with van der Waals surface area (Å²) in [6.45, 7) is 5.67. The van der Waals surface area contributed by atoms with Crippen LogP contribution in [0.2, 0.25) is 0 Å². The van der Waals surface area contributed by atoms with Crippen molar-refractivity contribution in [3.8, 4) is 11.8 Å². The summed E-state index contributed by atoms with van der Waals surface area (Å²) in [4.78, 5) is -0.0333. The zero-order valence-corrected chi connectivity index (χ0v) is 13.3. The maximum Gasteiger partial charge on any atom is 0.242 e. The lowest BCUT2D eigenvalue weighted by atomic mass is 10.0. The van der Waals surface area contributed by atoms with Gasteiger partial charge >= 0.3 is 0 Å². The quantitative estimate of drug-likeness (QED) is 0.817. The molecule has 0 aliphatic heterocycles. The molecule has 0 aliphatic carbocycles. The number of hydrogen-bond donors (Lipinski definition) is 2. The molecule has 0 amide bonds. The molecule has 0 aliphatic rings. The molecule has 21 heavy (non-hydrogen) atoms. The van der Waals surface area contributed by atoms with E-state index in [-0.39, 0.29) is 17.0 Å². The molecule has 0 unspecified atom stereocenters. The van der Waals surface area contributed by atoms with E-state index in [1.165, 1.54) is 6.07 Å². The van der Waals surface area contributed by atoms with Gasteiger partial charge in [-0.1, -0.05) is 25.2 Å². The monoisotopic (exact) mass is 312 g/mol. The standard InChI is InChI=1S/C15H21FN2O2S/c1-4-9-15(2,3)18-21(19,20)14-8-7-13(16)11-12(14)6-5-10-17/h7-8,11,18H,4,9-10,17H2,1-3H3. The van der Waals surface area contributed by atoms with Crippen molar-refractivity contribution in [3.05, 3.63) is 29.6 Å². The largest absolute Gasteiger partial charge is 0.320 e. The van der Waals surface area contributed by atoms with E-state index in [0.717, 1.165) is 18.6 Å². The minimum Gasteiger partial charge on any atom is -0.320 e. The summed E-state index contributed by atoms with van der Waals surface area (Å²) in [5, 5.41) is 0. The Morgan fingerprint density at radius 2 is 2.05 bits per heavy atom. The Morgan fingerprint density at radius 1 is 1.38 bits per heavy atom. The summed E-state index contributed by atoms with van der Waals surface area (Å²) in [6.07, 6.45) is 1.54. The first-order chi connectivity index (χ1) is 9.72. The molecule has 0 fully saturated rings. The van der Waals surface area contributed by atoms with Crippen molar-refractivity contribution < 1.29 is 12.8 Å². The van der Waals surface area contributed by atoms with Gasteiger partial charge in [0.15, 0.2) is 0 Å². The third-order valence-corrected chi connectivity index (χ3v) is 4.60. The second kappa shape index (κ2) is 7.03. The van der Waals surface area contributed by atoms with Gasteiger partial charge in [-0.2, -0.15) is 0 Å². The maximum absolute atomic E-state index is 13.3. The van der Waals surface area contributed by atoms with Crippen molar-refractivity contribution in [3.63, 3.8) is 0 Å². The Balaban J connectivity index is 3.25. The van der Waals surface area contributed by atoms with Gasteiger partial charge in [-0.25, -0.2) is 17.5 Å². The Labute approximate surface area is 126 Å². The molecule has 1 rings (SSSR count). The molecule has 116 valence electrons. The highest BCUT2D eigenvalue weighted by molar-refractivity contribution is 7.89. The van der Waals surface area contributed by atoms with E-state index in [0.29, 0.717) is 6.42 Å². The smallest absolute Gasteiger partial charge is 0.242 e. The van der Waals surface area contributed by atoms with Crippen molar-refractivity contribution in [1.82, 2.24) is 4.72 Å². The first-order valence-electron chi connectivity index (χ1n) is 6.74. The second-order valence-corrected chi connectivity index (χ2v) is 7.04. The summed E-state index contributed by atoms with van der Waals surface area (Å²) in [5.74, 6) is 4.62. The molecule has 0 saturated heterocycles. The summed E-state index contributed by atoms with van der Waals surface area (Å²) >= 11 is 0. The van der Waals surface area contributed by atoms with E-state index in [1.54, 1.807) is 0 Å². The normalized spacial score (nSPS) is 11.9. The highest BCUT2D eigenvalue weighted by Crippen LogP contribution is 2.20. The fourth-order valence-corrected chi connectivity index (χ4v) is 3.66. The van der Waals surface area contributed by atoms with Crippen molar-refractivity contribution >= 4 is 10.0 Å². The Morgan fingerprint density at radius 3 is 2.62 bits per heavy atom. The molecule has 3 N–H and O–H groups in total. The van der Waals surface area contributed by atoms with Gasteiger partial charge in [0.1, 0.15) is 5.82 Å². The lowest BCUT2D eigenvalue weighted by molar-refractivity contribution is 0.417. The van der Waals surface area contributed by atoms with E-state index in [1.807, 2.05) is 20.8 Å². The fraction of sp³-hybridized carbons (Fsp3) is 0.467. The van der Waals surface area contributed by atoms with Crippen LogP contribution in [0, 0.1) is 17.7 Å². The number of rotatable bonds is 5. The molecule has 0 spiro atoms. The summed E-state index contributed by atoms with van der Waals surface area (Å²) < 4.78 is 40.9. The summed E-state index contributed by atoms with van der Waals surface area (Å²) in [7, 11) is -3.78. The van der Waals surface area contributed by atoms with E-state index >= 15 is 0 Å². The highest BCUT2D eigenvalue weighted by Gasteiger charge is 2.27. The van der Waals surface area contributed by atoms with Crippen LogP contribution in [-0.4, -0.2) is 20.5 Å². The van der Waals surface area contributed by atoms with E-state index in [9.17, 15) is 12.8 Å². The fourth-order valence-electron chi connectivity index (χ4n) is 2.08. The average molecular weight is 312 g/mol. The molecule has 0 radical (unpaired) electrons. The van der Waals surface area contributed by atoms with E-state index in [4.69, 9.17) is 5.73 Å². The minimum atomic E-state index is -3.78. The topological polar surface area (TPSA) is 72.2 Å². The van der Waals surface area contributed by atoms with Crippen molar-refractivity contribution in [2.24, 2.45) is 5.73 Å². The molecular weight excluding hydrogens is 291 g/mol. The summed E-state index contributed by atoms with van der Waals surface area (Å²) in [5.41, 5.74) is 4.81. The maximum atomic E-state index is 13.3. The molecular formula is C15H21FN2O2S. The molecule has 0 bridgehead atoms. The van der Waals surface area contributed by atoms with Gasteiger partial charge in [0, 0.05) is 11.1 Å². The van der Waals surface area contributed by atoms with Crippen LogP contribution in [0.5, 0.6) is 0 Å². The van der Waals surface area contributed by atoms with E-state index < -0.39 is 21.4 Å². The Hall–Kier alpha value is -1.42. The first-order valence-corrected chi connectivity index (χ1v) is 8.22. The third-order valence-electron chi connectivity index (χ3n) is 2.84. The predicted octanol–water partition coefficient (Wildman–Crippen LogP) is 1.99. The van der Waals surface area contributed by atoms with Gasteiger partial charge in [-0.05, 0) is 38.5 Å². The van der Waals surface area contributed by atoms with Crippen LogP contribution in [0.3, 0.4) is 0 Å². The zero-order chi connectivity index (χ0) is 16.1. The van der Waals surface area contributed by atoms with Crippen LogP contribution < -0.4 is 10.5 Å². The predicted molar refractivity (Wildman–Crippen MR) is 81.6 cm³/mol. The lowest BCUT2D eigenvalue weighted by Gasteiger charge is -2.25. The number of sulfonamides is 1. The molecule has 0 saturated carbocycles. The van der Waals surface area contributed by atoms with Gasteiger partial charge in [0.2, 0.25) is 10.0 Å². The molecule has 0 atom stereocenters. The molecule has 4 nitrogen and oxygen atoms in total. The van der Waals surface area contributed by atoms with Crippen LogP contribution in [0.1, 0.15) is 39.2 Å². The van der Waals surface area contributed by atoms with Crippen molar-refractivity contribution in [1.29, 1.82) is 0 Å². The summed E-state index contributed by atoms with van der Waals surface area (Å²) in [6, 6.07) is 3.43. The Kier molecular flexibility index (Phi) is 5.90. The zero-order valence-electron chi connectivity index (χ0n) is 12.5. The minimum absolute atomic E-state index is 0.0333. The van der Waals surface area contributed by atoms with Gasteiger partial charge in [0.05, 0.1) is 11.4 Å². The molecule has 1 aromatic rings. The second-order valence-electron chi connectivity index (χ2n) is 5.39. The lowest BCUT2D eigenvalue weighted by Crippen LogP contribution is -2.43. The number of benzene rings is 1. The number of nitrogens with one attached hydrogen (secondary N) is 1. The van der Waals surface area contributed by atoms with Crippen molar-refractivity contribution in [2.75, 3.05) is 6.54 Å². The van der Waals surface area contributed by atoms with Crippen LogP contribution in [0.4, 0.5) is 4.39 Å². The molecule has 0 aromatic heterocycles. The highest BCUT2D eigenvalue weighted by atomic mass is 32.2. The number of nitrogens with two attached hydrogens (primary N) is 1. The van der Waals surface area contributed by atoms with Gasteiger partial charge in [-0.3, -0.25) is 0 Å². The van der Waals surface area contributed by atoms with Crippen LogP contribution in [-0.2, 0) is 10.0 Å². The van der Waals surface area contributed by atoms with Crippen LogP contribution in [0.15, 0.2) is 23.1 Å². The van der Waals surface area contributed by atoms with Crippen molar-refractivity contribution in [2.45, 2.75) is 44.0 Å². The first kappa shape index (κ1) is 17.6. The van der Waals surface area contributed by atoms with Gasteiger partial charge in [-0.15, -0.1) is 0 Å². The average Bonchev–Trinajstić information content (AvgIpc) is 2.34. The van der Waals surface area contributed by atoms with E-state index in [2.05, 4.69) is 16.6 Å². The Bertz CT molecular complexity index is 658.